The second-order valence-electron chi connectivity index (χ2n) is 4.09. The van der Waals surface area contributed by atoms with Crippen LogP contribution in [0.3, 0.4) is 0 Å². The number of halogens is 3. The van der Waals surface area contributed by atoms with Gasteiger partial charge in [0.15, 0.2) is 11.5 Å². The molecule has 0 aromatic carbocycles. The molecule has 0 fully saturated rings. The van der Waals surface area contributed by atoms with Crippen LogP contribution in [0.2, 0.25) is 0 Å². The molecule has 108 valence electrons. The van der Waals surface area contributed by atoms with Gasteiger partial charge in [-0.3, -0.25) is 14.9 Å². The fraction of sp³-hybridized carbons (Fsp3) is 0.273. The zero-order chi connectivity index (χ0) is 14.9. The predicted molar refractivity (Wildman–Crippen MR) is 61.4 cm³/mol. The van der Waals surface area contributed by atoms with E-state index in [-0.39, 0.29) is 12.3 Å². The van der Waals surface area contributed by atoms with Crippen LogP contribution in [0.5, 0.6) is 0 Å². The molecule has 2 aromatic rings. The molecular weight excluding hydrogens is 277 g/mol. The van der Waals surface area contributed by atoms with Crippen LogP contribution < -0.4 is 11.3 Å². The molecular formula is C11H11F3N4O2. The number of amides is 1. The third-order valence-corrected chi connectivity index (χ3v) is 2.56. The van der Waals surface area contributed by atoms with Gasteiger partial charge in [-0.25, -0.2) is 5.84 Å². The molecule has 1 amide bonds. The minimum atomic E-state index is -4.49. The van der Waals surface area contributed by atoms with E-state index in [2.05, 4.69) is 5.10 Å². The van der Waals surface area contributed by atoms with Crippen molar-refractivity contribution in [3.05, 3.63) is 41.1 Å². The summed E-state index contributed by atoms with van der Waals surface area (Å²) in [5, 5.41) is 3.39. The van der Waals surface area contributed by atoms with Gasteiger partial charge in [-0.2, -0.15) is 18.3 Å². The molecule has 20 heavy (non-hydrogen) atoms. The Morgan fingerprint density at radius 3 is 2.80 bits per heavy atom. The van der Waals surface area contributed by atoms with Crippen LogP contribution >= 0.6 is 0 Å². The number of nitrogens with one attached hydrogen (secondary N) is 1. The van der Waals surface area contributed by atoms with E-state index in [4.69, 9.17) is 10.3 Å². The van der Waals surface area contributed by atoms with E-state index in [1.807, 2.05) is 5.43 Å². The largest absolute Gasteiger partial charge is 0.454 e. The van der Waals surface area contributed by atoms with Crippen molar-refractivity contribution in [3.63, 3.8) is 0 Å². The van der Waals surface area contributed by atoms with Crippen LogP contribution in [0.15, 0.2) is 22.7 Å². The number of carbonyl (C=O) groups is 1. The number of hydrogen-bond acceptors (Lipinski definition) is 4. The summed E-state index contributed by atoms with van der Waals surface area (Å²) in [4.78, 5) is 11.3. The lowest BCUT2D eigenvalue weighted by Gasteiger charge is -2.01. The van der Waals surface area contributed by atoms with Gasteiger partial charge in [-0.15, -0.1) is 0 Å². The first-order valence-corrected chi connectivity index (χ1v) is 5.52. The first-order valence-electron chi connectivity index (χ1n) is 5.52. The monoisotopic (exact) mass is 288 g/mol. The van der Waals surface area contributed by atoms with Crippen LogP contribution in [-0.2, 0) is 12.7 Å². The number of carbonyl (C=O) groups excluding carboxylic acids is 1. The highest BCUT2D eigenvalue weighted by atomic mass is 19.4. The Kier molecular flexibility index (Phi) is 3.53. The van der Waals surface area contributed by atoms with Crippen molar-refractivity contribution in [2.75, 3.05) is 0 Å². The Morgan fingerprint density at radius 2 is 2.25 bits per heavy atom. The lowest BCUT2D eigenvalue weighted by atomic mass is 10.2. The van der Waals surface area contributed by atoms with Crippen LogP contribution in [0.4, 0.5) is 13.2 Å². The summed E-state index contributed by atoms with van der Waals surface area (Å²) in [6, 6.07) is 2.41. The van der Waals surface area contributed by atoms with Gasteiger partial charge in [-0.1, -0.05) is 0 Å². The summed E-state index contributed by atoms with van der Waals surface area (Å²) in [7, 11) is 0. The number of nitrogens with zero attached hydrogens (tertiary/aromatic N) is 2. The molecule has 3 N–H and O–H groups in total. The number of nitrogens with two attached hydrogens (primary N) is 1. The summed E-state index contributed by atoms with van der Waals surface area (Å²) >= 11 is 0. The Labute approximate surface area is 111 Å². The fourth-order valence-electron chi connectivity index (χ4n) is 1.68. The summed E-state index contributed by atoms with van der Waals surface area (Å²) in [5.41, 5.74) is 1.47. The van der Waals surface area contributed by atoms with Gasteiger partial charge in [0.25, 0.3) is 0 Å². The lowest BCUT2D eigenvalue weighted by molar-refractivity contribution is -0.141. The number of aryl methyl sites for hydroxylation is 1. The molecule has 2 rings (SSSR count). The van der Waals surface area contributed by atoms with E-state index in [0.29, 0.717) is 11.3 Å². The number of aromatic nitrogens is 2. The standard InChI is InChI=1S/C11H11F3N4O2/c1-6-4-7(20-9(6)10(19)16-15)5-18-3-2-8(17-18)11(12,13)14/h2-4H,5,15H2,1H3,(H,16,19). The van der Waals surface area contributed by atoms with E-state index >= 15 is 0 Å². The van der Waals surface area contributed by atoms with Crippen LogP contribution in [0.1, 0.15) is 27.6 Å². The molecule has 0 saturated heterocycles. The molecule has 0 aliphatic carbocycles. The highest BCUT2D eigenvalue weighted by molar-refractivity contribution is 5.92. The van der Waals surface area contributed by atoms with Crippen molar-refractivity contribution in [2.24, 2.45) is 5.84 Å². The van der Waals surface area contributed by atoms with Crippen molar-refractivity contribution < 1.29 is 22.4 Å². The second-order valence-corrected chi connectivity index (χ2v) is 4.09. The van der Waals surface area contributed by atoms with Gasteiger partial charge in [0.2, 0.25) is 0 Å². The zero-order valence-corrected chi connectivity index (χ0v) is 10.4. The summed E-state index contributed by atoms with van der Waals surface area (Å²) in [6.45, 7) is 1.61. The highest BCUT2D eigenvalue weighted by Crippen LogP contribution is 2.27. The number of furan rings is 1. The lowest BCUT2D eigenvalue weighted by Crippen LogP contribution is -2.30. The molecule has 0 aliphatic rings. The molecule has 9 heteroatoms. The van der Waals surface area contributed by atoms with E-state index in [1.165, 1.54) is 6.20 Å². The number of hydrazine groups is 1. The Hall–Kier alpha value is -2.29. The van der Waals surface area contributed by atoms with Gasteiger partial charge in [0.1, 0.15) is 5.76 Å². The average molecular weight is 288 g/mol. The van der Waals surface area contributed by atoms with Gasteiger partial charge < -0.3 is 4.42 Å². The van der Waals surface area contributed by atoms with Crippen LogP contribution in [0, 0.1) is 6.92 Å². The fourth-order valence-corrected chi connectivity index (χ4v) is 1.68. The maximum absolute atomic E-state index is 12.4. The number of nitrogen functional groups attached to an aromatic ring is 1. The van der Waals surface area contributed by atoms with Gasteiger partial charge in [0, 0.05) is 11.8 Å². The molecule has 2 aromatic heterocycles. The Morgan fingerprint density at radius 1 is 1.55 bits per heavy atom. The number of rotatable bonds is 3. The molecule has 2 heterocycles. The number of hydrogen-bond donors (Lipinski definition) is 2. The smallest absolute Gasteiger partial charge is 0.435 e. The summed E-state index contributed by atoms with van der Waals surface area (Å²) in [5.74, 6) is 4.70. The Bertz CT molecular complexity index is 630. The predicted octanol–water partition coefficient (Wildman–Crippen LogP) is 1.46. The van der Waals surface area contributed by atoms with E-state index in [1.54, 1.807) is 13.0 Å². The van der Waals surface area contributed by atoms with Gasteiger partial charge in [0.05, 0.1) is 6.54 Å². The average Bonchev–Trinajstić information content (AvgIpc) is 2.95. The first-order chi connectivity index (χ1) is 9.31. The molecule has 0 atom stereocenters. The van der Waals surface area contributed by atoms with Crippen LogP contribution in [-0.4, -0.2) is 15.7 Å². The third-order valence-electron chi connectivity index (χ3n) is 2.56. The topological polar surface area (TPSA) is 86.1 Å². The normalized spacial score (nSPS) is 11.7. The number of alkyl halides is 3. The Balaban J connectivity index is 2.18. The minimum Gasteiger partial charge on any atom is -0.454 e. The highest BCUT2D eigenvalue weighted by Gasteiger charge is 2.33. The first kappa shape index (κ1) is 14.1. The third kappa shape index (κ3) is 2.82. The molecule has 6 nitrogen and oxygen atoms in total. The van der Waals surface area contributed by atoms with Crippen molar-refractivity contribution in [1.29, 1.82) is 0 Å². The van der Waals surface area contributed by atoms with Crippen molar-refractivity contribution >= 4 is 5.91 Å². The summed E-state index contributed by atoms with van der Waals surface area (Å²) < 4.78 is 43.5. The minimum absolute atomic E-state index is 0.0191. The van der Waals surface area contributed by atoms with Crippen molar-refractivity contribution in [1.82, 2.24) is 15.2 Å². The summed E-state index contributed by atoms with van der Waals surface area (Å²) in [6.07, 6.45) is -3.31. The van der Waals surface area contributed by atoms with E-state index in [0.717, 1.165) is 10.7 Å². The van der Waals surface area contributed by atoms with Gasteiger partial charge >= 0.3 is 12.1 Å². The van der Waals surface area contributed by atoms with Crippen molar-refractivity contribution in [2.45, 2.75) is 19.6 Å². The maximum Gasteiger partial charge on any atom is 0.435 e. The second kappa shape index (κ2) is 5.00. The van der Waals surface area contributed by atoms with E-state index in [9.17, 15) is 18.0 Å². The molecule has 0 aliphatic heterocycles. The molecule has 0 spiro atoms. The molecule has 0 saturated carbocycles. The zero-order valence-electron chi connectivity index (χ0n) is 10.4. The molecule has 0 unspecified atom stereocenters. The van der Waals surface area contributed by atoms with Crippen molar-refractivity contribution in [3.8, 4) is 0 Å². The molecule has 0 radical (unpaired) electrons. The maximum atomic E-state index is 12.4. The van der Waals surface area contributed by atoms with Crippen LogP contribution in [0.25, 0.3) is 0 Å². The molecule has 0 bridgehead atoms. The van der Waals surface area contributed by atoms with Gasteiger partial charge in [-0.05, 0) is 19.1 Å². The van der Waals surface area contributed by atoms with E-state index < -0.39 is 17.8 Å². The SMILES string of the molecule is Cc1cc(Cn2ccc(C(F)(F)F)n2)oc1C(=O)NN. The quantitative estimate of drug-likeness (QED) is 0.508.